The van der Waals surface area contributed by atoms with Gasteiger partial charge in [-0.3, -0.25) is 0 Å². The van der Waals surface area contributed by atoms with Gasteiger partial charge in [-0.15, -0.1) is 11.3 Å². The zero-order chi connectivity index (χ0) is 14.7. The van der Waals surface area contributed by atoms with Crippen molar-refractivity contribution in [3.63, 3.8) is 0 Å². The van der Waals surface area contributed by atoms with Crippen LogP contribution in [0.1, 0.15) is 23.3 Å². The molecule has 1 heterocycles. The number of benzene rings is 1. The molecule has 1 saturated carbocycles. The van der Waals surface area contributed by atoms with Crippen LogP contribution in [0.4, 0.5) is 0 Å². The molecule has 1 aromatic carbocycles. The molecule has 1 aromatic heterocycles. The molecule has 0 saturated heterocycles. The summed E-state index contributed by atoms with van der Waals surface area (Å²) in [4.78, 5) is 1.21. The molecule has 3 rings (SSSR count). The van der Waals surface area contributed by atoms with Gasteiger partial charge in [-0.05, 0) is 53.0 Å². The van der Waals surface area contributed by atoms with Gasteiger partial charge in [0, 0.05) is 32.9 Å². The highest BCUT2D eigenvalue weighted by Gasteiger charge is 2.20. The van der Waals surface area contributed by atoms with Gasteiger partial charge in [-0.1, -0.05) is 0 Å². The van der Waals surface area contributed by atoms with Crippen LogP contribution in [0.25, 0.3) is 0 Å². The molecule has 1 N–H and O–H groups in total. The molecule has 0 spiro atoms. The Balaban J connectivity index is 1.69. The Bertz CT molecular complexity index is 610. The van der Waals surface area contributed by atoms with E-state index in [4.69, 9.17) is 9.47 Å². The average molecular weight is 368 g/mol. The molecule has 0 atom stereocenters. The van der Waals surface area contributed by atoms with Crippen LogP contribution >= 0.6 is 27.3 Å². The number of halogens is 1. The lowest BCUT2D eigenvalue weighted by molar-refractivity contribution is 0.304. The SMILES string of the molecule is COc1ccc(OCc2cc(Br)cs2)c(CNC2CC2)c1. The number of hydrogen-bond donors (Lipinski definition) is 1. The highest BCUT2D eigenvalue weighted by atomic mass is 79.9. The lowest BCUT2D eigenvalue weighted by Crippen LogP contribution is -2.16. The fourth-order valence-electron chi connectivity index (χ4n) is 2.08. The molecule has 0 amide bonds. The molecular weight excluding hydrogens is 350 g/mol. The first kappa shape index (κ1) is 14.9. The Labute approximate surface area is 137 Å². The highest BCUT2D eigenvalue weighted by molar-refractivity contribution is 9.10. The first-order valence-corrected chi connectivity index (χ1v) is 8.68. The van der Waals surface area contributed by atoms with Crippen LogP contribution in [0.2, 0.25) is 0 Å². The smallest absolute Gasteiger partial charge is 0.124 e. The summed E-state index contributed by atoms with van der Waals surface area (Å²) in [5, 5.41) is 5.60. The third-order valence-electron chi connectivity index (χ3n) is 3.42. The van der Waals surface area contributed by atoms with Crippen molar-refractivity contribution in [2.24, 2.45) is 0 Å². The van der Waals surface area contributed by atoms with Crippen LogP contribution < -0.4 is 14.8 Å². The van der Waals surface area contributed by atoms with Crippen molar-refractivity contribution in [1.29, 1.82) is 0 Å². The molecule has 112 valence electrons. The lowest BCUT2D eigenvalue weighted by atomic mass is 10.2. The van der Waals surface area contributed by atoms with E-state index in [2.05, 4.69) is 38.8 Å². The van der Waals surface area contributed by atoms with E-state index in [1.54, 1.807) is 18.4 Å². The fraction of sp³-hybridized carbons (Fsp3) is 0.375. The molecule has 21 heavy (non-hydrogen) atoms. The van der Waals surface area contributed by atoms with E-state index in [0.29, 0.717) is 12.6 Å². The third-order valence-corrected chi connectivity index (χ3v) is 5.09. The maximum Gasteiger partial charge on any atom is 0.124 e. The van der Waals surface area contributed by atoms with Crippen LogP contribution in [0, 0.1) is 0 Å². The number of thiophene rings is 1. The second-order valence-corrected chi connectivity index (χ2v) is 7.06. The van der Waals surface area contributed by atoms with Gasteiger partial charge in [0.1, 0.15) is 18.1 Å². The zero-order valence-corrected chi connectivity index (χ0v) is 14.3. The monoisotopic (exact) mass is 367 g/mol. The molecule has 1 aliphatic carbocycles. The van der Waals surface area contributed by atoms with E-state index < -0.39 is 0 Å². The van der Waals surface area contributed by atoms with Crippen molar-refractivity contribution in [3.05, 3.63) is 44.6 Å². The van der Waals surface area contributed by atoms with Crippen molar-refractivity contribution in [2.75, 3.05) is 7.11 Å². The minimum absolute atomic E-state index is 0.596. The van der Waals surface area contributed by atoms with Crippen LogP contribution in [-0.4, -0.2) is 13.2 Å². The standard InChI is InChI=1S/C16H18BrNO2S/c1-19-14-4-5-16(11(6-14)8-18-13-2-3-13)20-9-15-7-12(17)10-21-15/h4-7,10,13,18H,2-3,8-9H2,1H3. The van der Waals surface area contributed by atoms with Gasteiger partial charge in [0.2, 0.25) is 0 Å². The molecule has 5 heteroatoms. The summed E-state index contributed by atoms with van der Waals surface area (Å²) < 4.78 is 12.4. The van der Waals surface area contributed by atoms with E-state index >= 15 is 0 Å². The topological polar surface area (TPSA) is 30.5 Å². The first-order chi connectivity index (χ1) is 10.2. The number of rotatable bonds is 7. The minimum Gasteiger partial charge on any atom is -0.497 e. The second kappa shape index (κ2) is 6.81. The minimum atomic E-state index is 0.596. The van der Waals surface area contributed by atoms with E-state index in [9.17, 15) is 0 Å². The second-order valence-electron chi connectivity index (χ2n) is 5.15. The van der Waals surface area contributed by atoms with Crippen LogP contribution in [0.5, 0.6) is 11.5 Å². The Hall–Kier alpha value is -1.04. The van der Waals surface area contributed by atoms with E-state index in [0.717, 1.165) is 28.1 Å². The highest BCUT2D eigenvalue weighted by Crippen LogP contribution is 2.28. The first-order valence-electron chi connectivity index (χ1n) is 7.00. The maximum absolute atomic E-state index is 5.98. The summed E-state index contributed by atoms with van der Waals surface area (Å²) in [6, 6.07) is 8.76. The third kappa shape index (κ3) is 4.22. The Morgan fingerprint density at radius 3 is 2.86 bits per heavy atom. The van der Waals surface area contributed by atoms with Crippen molar-refractivity contribution in [1.82, 2.24) is 5.32 Å². The van der Waals surface area contributed by atoms with Gasteiger partial charge in [0.05, 0.1) is 7.11 Å². The van der Waals surface area contributed by atoms with Gasteiger partial charge >= 0.3 is 0 Å². The number of hydrogen-bond acceptors (Lipinski definition) is 4. The summed E-state index contributed by atoms with van der Waals surface area (Å²) in [6.07, 6.45) is 2.56. The Kier molecular flexibility index (Phi) is 4.83. The summed E-state index contributed by atoms with van der Waals surface area (Å²) in [5.41, 5.74) is 1.15. The average Bonchev–Trinajstić information content (AvgIpc) is 3.24. The van der Waals surface area contributed by atoms with Crippen molar-refractivity contribution in [2.45, 2.75) is 32.0 Å². The summed E-state index contributed by atoms with van der Waals surface area (Å²) in [7, 11) is 1.69. The van der Waals surface area contributed by atoms with Crippen LogP contribution in [0.3, 0.4) is 0 Å². The van der Waals surface area contributed by atoms with Gasteiger partial charge in [-0.25, -0.2) is 0 Å². The normalized spacial score (nSPS) is 14.2. The molecule has 0 unspecified atom stereocenters. The van der Waals surface area contributed by atoms with E-state index in [1.165, 1.54) is 17.7 Å². The molecule has 0 aliphatic heterocycles. The predicted molar refractivity (Wildman–Crippen MR) is 89.2 cm³/mol. The molecular formula is C16H18BrNO2S. The lowest BCUT2D eigenvalue weighted by Gasteiger charge is -2.13. The van der Waals surface area contributed by atoms with Gasteiger partial charge in [-0.2, -0.15) is 0 Å². The largest absolute Gasteiger partial charge is 0.497 e. The summed E-state index contributed by atoms with van der Waals surface area (Å²) in [5.74, 6) is 1.79. The number of ether oxygens (including phenoxy) is 2. The molecule has 1 fully saturated rings. The number of nitrogens with one attached hydrogen (secondary N) is 1. The van der Waals surface area contributed by atoms with Gasteiger partial charge in [0.25, 0.3) is 0 Å². The zero-order valence-electron chi connectivity index (χ0n) is 11.9. The van der Waals surface area contributed by atoms with E-state index in [1.807, 2.05) is 12.1 Å². The van der Waals surface area contributed by atoms with Crippen molar-refractivity contribution in [3.8, 4) is 11.5 Å². The number of methoxy groups -OCH3 is 1. The quantitative estimate of drug-likeness (QED) is 0.788. The van der Waals surface area contributed by atoms with Crippen molar-refractivity contribution >= 4 is 27.3 Å². The Morgan fingerprint density at radius 2 is 2.19 bits per heavy atom. The maximum atomic E-state index is 5.98. The van der Waals surface area contributed by atoms with E-state index in [-0.39, 0.29) is 0 Å². The summed E-state index contributed by atoms with van der Waals surface area (Å²) in [6.45, 7) is 1.42. The van der Waals surface area contributed by atoms with Gasteiger partial charge < -0.3 is 14.8 Å². The Morgan fingerprint density at radius 1 is 1.33 bits per heavy atom. The molecule has 2 aromatic rings. The van der Waals surface area contributed by atoms with Crippen LogP contribution in [-0.2, 0) is 13.2 Å². The summed E-state index contributed by atoms with van der Waals surface area (Å²) >= 11 is 5.17. The fourth-order valence-corrected chi connectivity index (χ4v) is 3.44. The molecule has 1 aliphatic rings. The molecule has 3 nitrogen and oxygen atoms in total. The predicted octanol–water partition coefficient (Wildman–Crippen LogP) is 4.35. The van der Waals surface area contributed by atoms with Crippen LogP contribution in [0.15, 0.2) is 34.1 Å². The van der Waals surface area contributed by atoms with Gasteiger partial charge in [0.15, 0.2) is 0 Å². The van der Waals surface area contributed by atoms with Crippen molar-refractivity contribution < 1.29 is 9.47 Å². The molecule has 0 bridgehead atoms. The molecule has 0 radical (unpaired) electrons.